The lowest BCUT2D eigenvalue weighted by Gasteiger charge is -2.14. The highest BCUT2D eigenvalue weighted by Gasteiger charge is 2.27. The van der Waals surface area contributed by atoms with Crippen LogP contribution in [0.2, 0.25) is 5.02 Å². The van der Waals surface area contributed by atoms with Crippen molar-refractivity contribution in [1.82, 2.24) is 10.6 Å². The predicted molar refractivity (Wildman–Crippen MR) is 88.3 cm³/mol. The first-order chi connectivity index (χ1) is 10.6. The summed E-state index contributed by atoms with van der Waals surface area (Å²) in [6, 6.07) is 5.76. The van der Waals surface area contributed by atoms with Gasteiger partial charge in [0.25, 0.3) is 5.91 Å². The largest absolute Gasteiger partial charge is 0.391 e. The molecule has 4 nitrogen and oxygen atoms in total. The van der Waals surface area contributed by atoms with Gasteiger partial charge in [0.15, 0.2) is 0 Å². The minimum absolute atomic E-state index is 0.0127. The lowest BCUT2D eigenvalue weighted by atomic mass is 10.1. The Hall–Kier alpha value is -1.81. The van der Waals surface area contributed by atoms with E-state index in [1.807, 2.05) is 25.2 Å². The lowest BCUT2D eigenvalue weighted by Crippen LogP contribution is -2.32. The number of carbonyl (C=O) groups excluding carboxylic acids is 1. The van der Waals surface area contributed by atoms with Crippen molar-refractivity contribution >= 4 is 23.2 Å². The molecule has 2 aliphatic rings. The van der Waals surface area contributed by atoms with Crippen molar-refractivity contribution in [2.45, 2.75) is 31.7 Å². The van der Waals surface area contributed by atoms with E-state index in [0.29, 0.717) is 5.92 Å². The third-order valence-electron chi connectivity index (χ3n) is 4.34. The molecule has 0 heterocycles. The van der Waals surface area contributed by atoms with Gasteiger partial charge >= 0.3 is 0 Å². The van der Waals surface area contributed by atoms with Crippen LogP contribution >= 0.6 is 11.6 Å². The van der Waals surface area contributed by atoms with Gasteiger partial charge in [-0.3, -0.25) is 10.2 Å². The first-order valence-corrected chi connectivity index (χ1v) is 8.03. The number of carbonyl (C=O) groups is 1. The average molecular weight is 318 g/mol. The first kappa shape index (κ1) is 15.1. The van der Waals surface area contributed by atoms with Gasteiger partial charge < -0.3 is 10.6 Å². The minimum Gasteiger partial charge on any atom is -0.391 e. The quantitative estimate of drug-likeness (QED) is 0.731. The predicted octanol–water partition coefficient (Wildman–Crippen LogP) is 2.98. The number of aryl methyl sites for hydroxylation is 1. The van der Waals surface area contributed by atoms with Gasteiger partial charge in [-0.05, 0) is 60.9 Å². The van der Waals surface area contributed by atoms with Crippen LogP contribution in [-0.4, -0.2) is 18.7 Å². The number of nitrogens with one attached hydrogen (secondary N) is 3. The van der Waals surface area contributed by atoms with Gasteiger partial charge in [-0.1, -0.05) is 17.7 Å². The van der Waals surface area contributed by atoms with Crippen molar-refractivity contribution in [3.05, 3.63) is 46.1 Å². The lowest BCUT2D eigenvalue weighted by molar-refractivity contribution is -0.115. The molecule has 116 valence electrons. The molecule has 1 aromatic rings. The summed E-state index contributed by atoms with van der Waals surface area (Å²) in [5.41, 5.74) is 3.30. The van der Waals surface area contributed by atoms with Crippen molar-refractivity contribution in [3.63, 3.8) is 0 Å². The van der Waals surface area contributed by atoms with Gasteiger partial charge in [0.1, 0.15) is 5.71 Å². The number of rotatable bonds is 5. The van der Waals surface area contributed by atoms with Crippen LogP contribution in [0.3, 0.4) is 0 Å². The van der Waals surface area contributed by atoms with Crippen LogP contribution in [0.4, 0.5) is 0 Å². The summed E-state index contributed by atoms with van der Waals surface area (Å²) in [7, 11) is 1.84. The Kier molecular flexibility index (Phi) is 4.21. The number of halogens is 1. The highest BCUT2D eigenvalue weighted by Crippen LogP contribution is 2.35. The fourth-order valence-corrected chi connectivity index (χ4v) is 3.18. The van der Waals surface area contributed by atoms with E-state index in [1.165, 1.54) is 5.56 Å². The molecule has 0 bridgehead atoms. The van der Waals surface area contributed by atoms with Crippen LogP contribution in [0.15, 0.2) is 30.0 Å². The normalized spacial score (nSPS) is 20.5. The summed E-state index contributed by atoms with van der Waals surface area (Å²) in [5, 5.41) is 14.8. The van der Waals surface area contributed by atoms with E-state index in [-0.39, 0.29) is 17.7 Å². The SMILES string of the molecule is CN/C(=C\C(=N)C(=O)NC1CCc2cc(Cl)ccc21)C1CC1. The van der Waals surface area contributed by atoms with Gasteiger partial charge in [0.05, 0.1) is 6.04 Å². The molecule has 1 saturated carbocycles. The number of allylic oxidation sites excluding steroid dienone is 1. The van der Waals surface area contributed by atoms with E-state index in [9.17, 15) is 4.79 Å². The maximum atomic E-state index is 12.2. The Morgan fingerprint density at radius 3 is 2.82 bits per heavy atom. The molecule has 0 spiro atoms. The van der Waals surface area contributed by atoms with Crippen molar-refractivity contribution in [3.8, 4) is 0 Å². The molecule has 2 aliphatic carbocycles. The molecule has 1 atom stereocenters. The topological polar surface area (TPSA) is 65.0 Å². The monoisotopic (exact) mass is 317 g/mol. The summed E-state index contributed by atoms with van der Waals surface area (Å²) in [5.74, 6) is 0.175. The fourth-order valence-electron chi connectivity index (χ4n) is 2.98. The molecule has 1 amide bonds. The molecule has 0 aliphatic heterocycles. The third-order valence-corrected chi connectivity index (χ3v) is 4.57. The molecular formula is C17H20ClN3O. The molecule has 0 radical (unpaired) electrons. The van der Waals surface area contributed by atoms with E-state index in [2.05, 4.69) is 10.6 Å². The Morgan fingerprint density at radius 1 is 1.36 bits per heavy atom. The third kappa shape index (κ3) is 3.17. The number of fused-ring (bicyclic) bond motifs is 1. The van der Waals surface area contributed by atoms with E-state index < -0.39 is 0 Å². The Labute approximate surface area is 135 Å². The van der Waals surface area contributed by atoms with E-state index in [4.69, 9.17) is 17.0 Å². The molecule has 1 fully saturated rings. The maximum Gasteiger partial charge on any atom is 0.269 e. The van der Waals surface area contributed by atoms with Gasteiger partial charge in [0, 0.05) is 17.8 Å². The zero-order valence-electron chi connectivity index (χ0n) is 12.6. The second-order valence-electron chi connectivity index (χ2n) is 5.95. The Morgan fingerprint density at radius 2 is 2.14 bits per heavy atom. The van der Waals surface area contributed by atoms with Crippen LogP contribution in [0.5, 0.6) is 0 Å². The number of hydrogen-bond donors (Lipinski definition) is 3. The van der Waals surface area contributed by atoms with E-state index in [0.717, 1.165) is 42.0 Å². The smallest absolute Gasteiger partial charge is 0.269 e. The second kappa shape index (κ2) is 6.13. The summed E-state index contributed by atoms with van der Waals surface area (Å²) >= 11 is 6.00. The fraction of sp³-hybridized carbons (Fsp3) is 0.412. The van der Waals surface area contributed by atoms with Crippen molar-refractivity contribution in [2.24, 2.45) is 5.92 Å². The Bertz CT molecular complexity index is 649. The highest BCUT2D eigenvalue weighted by atomic mass is 35.5. The average Bonchev–Trinajstić information content (AvgIpc) is 3.27. The van der Waals surface area contributed by atoms with Crippen molar-refractivity contribution < 1.29 is 4.79 Å². The van der Waals surface area contributed by atoms with Crippen molar-refractivity contribution in [2.75, 3.05) is 7.05 Å². The van der Waals surface area contributed by atoms with E-state index >= 15 is 0 Å². The summed E-state index contributed by atoms with van der Waals surface area (Å²) in [4.78, 5) is 12.2. The zero-order valence-corrected chi connectivity index (χ0v) is 13.3. The first-order valence-electron chi connectivity index (χ1n) is 7.65. The molecule has 3 rings (SSSR count). The molecule has 5 heteroatoms. The molecule has 22 heavy (non-hydrogen) atoms. The van der Waals surface area contributed by atoms with Crippen LogP contribution in [0.25, 0.3) is 0 Å². The van der Waals surface area contributed by atoms with E-state index in [1.54, 1.807) is 6.08 Å². The van der Waals surface area contributed by atoms with Gasteiger partial charge in [0.2, 0.25) is 0 Å². The zero-order chi connectivity index (χ0) is 15.7. The molecule has 0 aromatic heterocycles. The van der Waals surface area contributed by atoms with Crippen LogP contribution in [0, 0.1) is 11.3 Å². The number of amides is 1. The molecule has 3 N–H and O–H groups in total. The molecule has 1 unspecified atom stereocenters. The van der Waals surface area contributed by atoms with Crippen molar-refractivity contribution in [1.29, 1.82) is 5.41 Å². The van der Waals surface area contributed by atoms with Gasteiger partial charge in [-0.25, -0.2) is 0 Å². The number of benzene rings is 1. The Balaban J connectivity index is 1.67. The van der Waals surface area contributed by atoms with Crippen LogP contribution in [0.1, 0.15) is 36.4 Å². The highest BCUT2D eigenvalue weighted by molar-refractivity contribution is 6.42. The van der Waals surface area contributed by atoms with Gasteiger partial charge in [-0.2, -0.15) is 0 Å². The second-order valence-corrected chi connectivity index (χ2v) is 6.38. The summed E-state index contributed by atoms with van der Waals surface area (Å²) in [6.07, 6.45) is 5.70. The minimum atomic E-state index is -0.318. The van der Waals surface area contributed by atoms with Crippen LogP contribution < -0.4 is 10.6 Å². The molecule has 1 aromatic carbocycles. The van der Waals surface area contributed by atoms with Gasteiger partial charge in [-0.15, -0.1) is 0 Å². The maximum absolute atomic E-state index is 12.2. The molecular weight excluding hydrogens is 298 g/mol. The van der Waals surface area contributed by atoms with Crippen LogP contribution in [-0.2, 0) is 11.2 Å². The molecule has 0 saturated heterocycles. The summed E-state index contributed by atoms with van der Waals surface area (Å²) < 4.78 is 0. The summed E-state index contributed by atoms with van der Waals surface area (Å²) in [6.45, 7) is 0. The number of hydrogen-bond acceptors (Lipinski definition) is 3. The standard InChI is InChI=1S/C17H20ClN3O/c1-20-16(10-2-3-10)9-14(19)17(22)21-15-7-4-11-8-12(18)5-6-13(11)15/h5-6,8-10,15,19-20H,2-4,7H2,1H3,(H,21,22)/b16-9-,19-14?.